The van der Waals surface area contributed by atoms with Crippen LogP contribution >= 0.6 is 0 Å². The van der Waals surface area contributed by atoms with Crippen LogP contribution in [0.4, 0.5) is 0 Å². The topological polar surface area (TPSA) is 25.2 Å². The van der Waals surface area contributed by atoms with Crippen molar-refractivity contribution < 1.29 is 4.79 Å². The van der Waals surface area contributed by atoms with Crippen molar-refractivity contribution >= 4 is 5.91 Å². The number of carbonyl (C=O) groups excluding carboxylic acids is 1. The third-order valence-electron chi connectivity index (χ3n) is 5.12. The van der Waals surface area contributed by atoms with Crippen molar-refractivity contribution in [2.24, 2.45) is 0 Å². The largest absolute Gasteiger partial charge is 0.345 e. The Morgan fingerprint density at radius 2 is 1.82 bits per heavy atom. The van der Waals surface area contributed by atoms with Gasteiger partial charge in [-0.1, -0.05) is 49.4 Å². The van der Waals surface area contributed by atoms with Crippen LogP contribution in [0.5, 0.6) is 0 Å². The van der Waals surface area contributed by atoms with E-state index in [1.54, 1.807) is 6.08 Å². The Labute approximate surface area is 167 Å². The molecule has 0 aliphatic carbocycles. The summed E-state index contributed by atoms with van der Waals surface area (Å²) in [6.07, 6.45) is 4.83. The van der Waals surface area contributed by atoms with Crippen LogP contribution in [0.15, 0.2) is 79.5 Å². The van der Waals surface area contributed by atoms with Gasteiger partial charge in [-0.15, -0.1) is 6.58 Å². The van der Waals surface area contributed by atoms with Crippen LogP contribution in [0, 0.1) is 6.92 Å². The van der Waals surface area contributed by atoms with E-state index in [1.165, 1.54) is 16.7 Å². The molecule has 0 saturated carbocycles. The van der Waals surface area contributed by atoms with E-state index in [9.17, 15) is 4.79 Å². The van der Waals surface area contributed by atoms with E-state index in [0.717, 1.165) is 24.2 Å². The summed E-state index contributed by atoms with van der Waals surface area (Å²) in [7, 11) is 0. The fourth-order valence-corrected chi connectivity index (χ4v) is 3.35. The lowest BCUT2D eigenvalue weighted by atomic mass is 10.1. The molecular formula is C25H28N2O. The molecule has 28 heavy (non-hydrogen) atoms. The van der Waals surface area contributed by atoms with Crippen LogP contribution in [-0.4, -0.2) is 21.9 Å². The molecule has 0 N–H and O–H groups in total. The first-order chi connectivity index (χ1) is 13.6. The van der Waals surface area contributed by atoms with Gasteiger partial charge in [-0.25, -0.2) is 0 Å². The van der Waals surface area contributed by atoms with Gasteiger partial charge in [-0.05, 0) is 54.3 Å². The lowest BCUT2D eigenvalue weighted by Gasteiger charge is -2.23. The van der Waals surface area contributed by atoms with Gasteiger partial charge in [0.25, 0.3) is 5.91 Å². The van der Waals surface area contributed by atoms with Crippen molar-refractivity contribution in [1.29, 1.82) is 0 Å². The standard InChI is InChI=1S/C25H28N2O/c1-4-16-27(25(28)22-14-12-21(5-2)13-15-22)19-24-11-8-17-26(24)18-23-10-7-6-9-20(23)3/h4,6-15,17H,1,5,16,18-19H2,2-3H3. The number of carbonyl (C=O) groups is 1. The molecule has 0 bridgehead atoms. The molecule has 0 fully saturated rings. The van der Waals surface area contributed by atoms with E-state index >= 15 is 0 Å². The summed E-state index contributed by atoms with van der Waals surface area (Å²) >= 11 is 0. The molecule has 2 aromatic carbocycles. The zero-order chi connectivity index (χ0) is 19.9. The smallest absolute Gasteiger partial charge is 0.254 e. The molecule has 1 amide bonds. The number of aromatic nitrogens is 1. The fourth-order valence-electron chi connectivity index (χ4n) is 3.35. The van der Waals surface area contributed by atoms with Crippen LogP contribution in [-0.2, 0) is 19.5 Å². The molecule has 3 heteroatoms. The highest BCUT2D eigenvalue weighted by atomic mass is 16.2. The summed E-state index contributed by atoms with van der Waals surface area (Å²) in [4.78, 5) is 14.9. The Morgan fingerprint density at radius 1 is 1.07 bits per heavy atom. The highest BCUT2D eigenvalue weighted by Gasteiger charge is 2.16. The minimum Gasteiger partial charge on any atom is -0.345 e. The minimum absolute atomic E-state index is 0.0335. The van der Waals surface area contributed by atoms with Crippen LogP contribution < -0.4 is 0 Å². The minimum atomic E-state index is 0.0335. The molecule has 3 aromatic rings. The van der Waals surface area contributed by atoms with Gasteiger partial charge in [0.15, 0.2) is 0 Å². The maximum atomic E-state index is 13.1. The second kappa shape index (κ2) is 9.23. The molecular weight excluding hydrogens is 344 g/mol. The highest BCUT2D eigenvalue weighted by molar-refractivity contribution is 5.94. The summed E-state index contributed by atoms with van der Waals surface area (Å²) < 4.78 is 2.21. The first-order valence-corrected chi connectivity index (χ1v) is 9.80. The van der Waals surface area contributed by atoms with Crippen LogP contribution in [0.25, 0.3) is 0 Å². The third-order valence-corrected chi connectivity index (χ3v) is 5.12. The van der Waals surface area contributed by atoms with E-state index in [1.807, 2.05) is 35.2 Å². The summed E-state index contributed by atoms with van der Waals surface area (Å²) in [5.41, 5.74) is 5.63. The molecule has 3 rings (SSSR count). The highest BCUT2D eigenvalue weighted by Crippen LogP contribution is 2.16. The van der Waals surface area contributed by atoms with Crippen molar-refractivity contribution in [3.8, 4) is 0 Å². The van der Waals surface area contributed by atoms with E-state index in [-0.39, 0.29) is 5.91 Å². The second-order valence-electron chi connectivity index (χ2n) is 7.08. The van der Waals surface area contributed by atoms with Gasteiger partial charge in [0, 0.05) is 30.5 Å². The number of amides is 1. The Bertz CT molecular complexity index is 937. The monoisotopic (exact) mass is 372 g/mol. The molecule has 0 aliphatic heterocycles. The van der Waals surface area contributed by atoms with E-state index in [2.05, 4.69) is 61.5 Å². The maximum absolute atomic E-state index is 13.1. The Kier molecular flexibility index (Phi) is 6.49. The van der Waals surface area contributed by atoms with Gasteiger partial charge in [0.2, 0.25) is 0 Å². The average Bonchev–Trinajstić information content (AvgIpc) is 3.15. The van der Waals surface area contributed by atoms with Gasteiger partial charge >= 0.3 is 0 Å². The number of hydrogen-bond donors (Lipinski definition) is 0. The molecule has 3 nitrogen and oxygen atoms in total. The number of hydrogen-bond acceptors (Lipinski definition) is 1. The van der Waals surface area contributed by atoms with Crippen molar-refractivity contribution in [2.75, 3.05) is 6.54 Å². The zero-order valence-electron chi connectivity index (χ0n) is 16.8. The van der Waals surface area contributed by atoms with Crippen LogP contribution in [0.3, 0.4) is 0 Å². The Balaban J connectivity index is 1.79. The van der Waals surface area contributed by atoms with E-state index < -0.39 is 0 Å². The molecule has 1 heterocycles. The third kappa shape index (κ3) is 4.61. The Morgan fingerprint density at radius 3 is 2.50 bits per heavy atom. The normalized spacial score (nSPS) is 10.6. The molecule has 0 aliphatic rings. The average molecular weight is 373 g/mol. The van der Waals surface area contributed by atoms with E-state index in [4.69, 9.17) is 0 Å². The Hall–Kier alpha value is -3.07. The molecule has 1 aromatic heterocycles. The van der Waals surface area contributed by atoms with Gasteiger partial charge in [-0.3, -0.25) is 4.79 Å². The van der Waals surface area contributed by atoms with Crippen molar-refractivity contribution in [3.05, 3.63) is 107 Å². The first-order valence-electron chi connectivity index (χ1n) is 9.80. The zero-order valence-corrected chi connectivity index (χ0v) is 16.8. The lowest BCUT2D eigenvalue weighted by Crippen LogP contribution is -2.31. The summed E-state index contributed by atoms with van der Waals surface area (Å²) in [6, 6.07) is 20.4. The SMILES string of the molecule is C=CCN(Cc1cccn1Cc1ccccc1C)C(=O)c1ccc(CC)cc1. The van der Waals surface area contributed by atoms with Crippen LogP contribution in [0.2, 0.25) is 0 Å². The summed E-state index contributed by atoms with van der Waals surface area (Å²) in [5, 5.41) is 0. The molecule has 0 spiro atoms. The molecule has 0 atom stereocenters. The van der Waals surface area contributed by atoms with E-state index in [0.29, 0.717) is 13.1 Å². The predicted octanol–water partition coefficient (Wildman–Crippen LogP) is 5.24. The maximum Gasteiger partial charge on any atom is 0.254 e. The lowest BCUT2D eigenvalue weighted by molar-refractivity contribution is 0.0759. The number of benzene rings is 2. The summed E-state index contributed by atoms with van der Waals surface area (Å²) in [5.74, 6) is 0.0335. The van der Waals surface area contributed by atoms with Gasteiger partial charge in [-0.2, -0.15) is 0 Å². The van der Waals surface area contributed by atoms with Gasteiger partial charge < -0.3 is 9.47 Å². The first kappa shape index (κ1) is 19.7. The quantitative estimate of drug-likeness (QED) is 0.497. The number of aryl methyl sites for hydroxylation is 2. The number of nitrogens with zero attached hydrogens (tertiary/aromatic N) is 2. The van der Waals surface area contributed by atoms with Crippen molar-refractivity contribution in [2.45, 2.75) is 33.4 Å². The number of rotatable bonds is 8. The van der Waals surface area contributed by atoms with Crippen LogP contribution in [0.1, 0.15) is 39.7 Å². The van der Waals surface area contributed by atoms with Crippen molar-refractivity contribution in [3.63, 3.8) is 0 Å². The van der Waals surface area contributed by atoms with Gasteiger partial charge in [0.1, 0.15) is 0 Å². The van der Waals surface area contributed by atoms with Crippen molar-refractivity contribution in [1.82, 2.24) is 9.47 Å². The molecule has 144 valence electrons. The molecule has 0 unspecified atom stereocenters. The molecule has 0 radical (unpaired) electrons. The summed E-state index contributed by atoms with van der Waals surface area (Å²) in [6.45, 7) is 9.95. The molecule has 0 saturated heterocycles. The van der Waals surface area contributed by atoms with Gasteiger partial charge in [0.05, 0.1) is 6.54 Å². The predicted molar refractivity (Wildman–Crippen MR) is 115 cm³/mol. The second-order valence-corrected chi connectivity index (χ2v) is 7.08. The fraction of sp³-hybridized carbons (Fsp3) is 0.240.